The van der Waals surface area contributed by atoms with E-state index in [9.17, 15) is 14.4 Å². The van der Waals surface area contributed by atoms with Crippen molar-refractivity contribution in [3.05, 3.63) is 83.6 Å². The predicted molar refractivity (Wildman–Crippen MR) is 201 cm³/mol. The summed E-state index contributed by atoms with van der Waals surface area (Å²) in [6.07, 6.45) is 9.48. The largest absolute Gasteiger partial charge is 0.453 e. The molecule has 11 nitrogen and oxygen atoms in total. The van der Waals surface area contributed by atoms with Gasteiger partial charge in [0.15, 0.2) is 0 Å². The van der Waals surface area contributed by atoms with E-state index in [-0.39, 0.29) is 17.9 Å². The first-order valence-electron chi connectivity index (χ1n) is 18.2. The molecule has 4 unspecified atom stereocenters. The van der Waals surface area contributed by atoms with Gasteiger partial charge in [-0.15, -0.1) is 0 Å². The lowest BCUT2D eigenvalue weighted by Crippen LogP contribution is -2.51. The van der Waals surface area contributed by atoms with Crippen molar-refractivity contribution in [1.82, 2.24) is 35.1 Å². The Bertz CT molecular complexity index is 1980. The van der Waals surface area contributed by atoms with Gasteiger partial charge in [-0.25, -0.2) is 14.8 Å². The zero-order valence-electron chi connectivity index (χ0n) is 30.9. The summed E-state index contributed by atoms with van der Waals surface area (Å²) >= 11 is 0. The van der Waals surface area contributed by atoms with Crippen LogP contribution in [0.5, 0.6) is 0 Å². The summed E-state index contributed by atoms with van der Waals surface area (Å²) in [6.45, 7) is 11.5. The molecule has 1 aliphatic carbocycles. The number of aromatic amines is 2. The third kappa shape index (κ3) is 8.39. The summed E-state index contributed by atoms with van der Waals surface area (Å²) in [5, 5.41) is 2.68. The number of rotatable bonds is 7. The number of hydrogen-bond donors (Lipinski definition) is 3. The van der Waals surface area contributed by atoms with Gasteiger partial charge in [-0.3, -0.25) is 9.59 Å². The van der Waals surface area contributed by atoms with Crippen LogP contribution in [0.2, 0.25) is 0 Å². The number of benzene rings is 2. The van der Waals surface area contributed by atoms with Crippen LogP contribution < -0.4 is 5.32 Å². The van der Waals surface area contributed by atoms with Gasteiger partial charge in [0, 0.05) is 36.7 Å². The van der Waals surface area contributed by atoms with Crippen molar-refractivity contribution in [1.29, 1.82) is 0 Å². The van der Waals surface area contributed by atoms with Crippen molar-refractivity contribution in [2.75, 3.05) is 20.2 Å². The molecule has 11 heteroatoms. The van der Waals surface area contributed by atoms with Gasteiger partial charge < -0.3 is 29.8 Å². The Hall–Kier alpha value is -5.37. The van der Waals surface area contributed by atoms with Crippen LogP contribution in [-0.2, 0) is 14.3 Å². The Morgan fingerprint density at radius 1 is 1.02 bits per heavy atom. The average molecular weight is 704 g/mol. The topological polar surface area (TPSA) is 136 Å². The minimum absolute atomic E-state index is 0.114. The fourth-order valence-electron chi connectivity index (χ4n) is 7.33. The fraction of sp³-hybridized carbons (Fsp3) is 0.439. The highest BCUT2D eigenvalue weighted by Gasteiger charge is 2.40. The van der Waals surface area contributed by atoms with Gasteiger partial charge in [0.1, 0.15) is 17.9 Å². The summed E-state index contributed by atoms with van der Waals surface area (Å²) < 4.78 is 4.73. The minimum atomic E-state index is -0.709. The number of likely N-dealkylation sites (tertiary alicyclic amines) is 1. The molecule has 0 spiro atoms. The van der Waals surface area contributed by atoms with Crippen LogP contribution in [0, 0.1) is 29.6 Å². The van der Waals surface area contributed by atoms with Gasteiger partial charge in [0.25, 0.3) is 0 Å². The molecule has 7 rings (SSSR count). The van der Waals surface area contributed by atoms with E-state index in [1.165, 1.54) is 26.4 Å². The molecular formula is C41H49N7O4. The highest BCUT2D eigenvalue weighted by atomic mass is 16.5. The summed E-state index contributed by atoms with van der Waals surface area (Å²) in [4.78, 5) is 56.3. The Morgan fingerprint density at radius 2 is 1.77 bits per heavy atom. The van der Waals surface area contributed by atoms with Crippen LogP contribution in [0.1, 0.15) is 83.3 Å². The Balaban J connectivity index is 0.000000299. The third-order valence-electron chi connectivity index (χ3n) is 10.0. The number of ether oxygens (including phenoxy) is 1. The molecule has 3 N–H and O–H groups in total. The molecule has 4 atom stereocenters. The molecule has 1 saturated heterocycles. The molecule has 2 fully saturated rings. The number of nitrogens with one attached hydrogen (secondary N) is 3. The van der Waals surface area contributed by atoms with Crippen molar-refractivity contribution in [2.45, 2.75) is 78.4 Å². The first-order valence-corrected chi connectivity index (χ1v) is 18.2. The maximum absolute atomic E-state index is 13.5. The van der Waals surface area contributed by atoms with E-state index in [0.717, 1.165) is 57.9 Å². The monoisotopic (exact) mass is 703 g/mol. The lowest BCUT2D eigenvalue weighted by atomic mass is 10.0. The van der Waals surface area contributed by atoms with Gasteiger partial charge in [0.2, 0.25) is 11.8 Å². The zero-order chi connectivity index (χ0) is 36.9. The van der Waals surface area contributed by atoms with Crippen molar-refractivity contribution >= 4 is 28.9 Å². The SMILES string of the molecule is CC(C)CC(=O)N1CC2CCC1C2.COC(=O)NC(C(=O)N1CC(C)=CC1c1nc2ccc(C#Cc3ccc(-c4cnc[nH]4)cc3)cc2[nH]1)C(C)C. The van der Waals surface area contributed by atoms with Crippen molar-refractivity contribution in [3.63, 3.8) is 0 Å². The number of carbonyl (C=O) groups excluding carboxylic acids is 3. The number of carbonyl (C=O) groups is 3. The summed E-state index contributed by atoms with van der Waals surface area (Å²) in [5.74, 6) is 8.54. The molecule has 2 aliphatic heterocycles. The third-order valence-corrected chi connectivity index (χ3v) is 10.0. The molecule has 0 radical (unpaired) electrons. The van der Waals surface area contributed by atoms with Crippen LogP contribution >= 0.6 is 0 Å². The second kappa shape index (κ2) is 15.9. The molecule has 272 valence electrons. The molecule has 2 aromatic carbocycles. The molecular weight excluding hydrogens is 654 g/mol. The number of alkyl carbamates (subject to hydrolysis) is 1. The Morgan fingerprint density at radius 3 is 2.40 bits per heavy atom. The zero-order valence-corrected chi connectivity index (χ0v) is 30.9. The number of hydrogen-bond acceptors (Lipinski definition) is 6. The molecule has 3 amide bonds. The van der Waals surface area contributed by atoms with E-state index in [4.69, 9.17) is 9.72 Å². The number of imidazole rings is 2. The number of fused-ring (bicyclic) bond motifs is 3. The molecule has 4 heterocycles. The number of methoxy groups -OCH3 is 1. The maximum atomic E-state index is 13.5. The van der Waals surface area contributed by atoms with Crippen molar-refractivity contribution in [3.8, 4) is 23.1 Å². The van der Waals surface area contributed by atoms with Crippen molar-refractivity contribution < 1.29 is 19.1 Å². The van der Waals surface area contributed by atoms with Gasteiger partial charge in [-0.05, 0) is 79.8 Å². The summed E-state index contributed by atoms with van der Waals surface area (Å²) in [6, 6.07) is 13.3. The van der Waals surface area contributed by atoms with E-state index < -0.39 is 12.1 Å². The van der Waals surface area contributed by atoms with Crippen LogP contribution in [0.4, 0.5) is 4.79 Å². The molecule has 52 heavy (non-hydrogen) atoms. The van der Waals surface area contributed by atoms with Gasteiger partial charge >= 0.3 is 6.09 Å². The summed E-state index contributed by atoms with van der Waals surface area (Å²) in [7, 11) is 1.28. The second-order valence-electron chi connectivity index (χ2n) is 14.9. The van der Waals surface area contributed by atoms with Crippen LogP contribution in [0.3, 0.4) is 0 Å². The second-order valence-corrected chi connectivity index (χ2v) is 14.9. The number of amides is 3. The minimum Gasteiger partial charge on any atom is -0.453 e. The number of nitrogens with zero attached hydrogens (tertiary/aromatic N) is 4. The Labute approximate surface area is 305 Å². The van der Waals surface area contributed by atoms with E-state index in [2.05, 4.69) is 50.9 Å². The maximum Gasteiger partial charge on any atom is 0.407 e. The smallest absolute Gasteiger partial charge is 0.407 e. The number of aromatic nitrogens is 4. The van der Waals surface area contributed by atoms with E-state index in [1.807, 2.05) is 69.3 Å². The fourth-order valence-corrected chi connectivity index (χ4v) is 7.33. The van der Waals surface area contributed by atoms with Gasteiger partial charge in [-0.2, -0.15) is 0 Å². The van der Waals surface area contributed by atoms with Crippen LogP contribution in [-0.4, -0.2) is 79.9 Å². The first kappa shape index (κ1) is 36.4. The first-order chi connectivity index (χ1) is 25.0. The normalized spacial score (nSPS) is 19.6. The van der Waals surface area contributed by atoms with E-state index in [1.54, 1.807) is 17.4 Å². The quantitative estimate of drug-likeness (QED) is 0.147. The molecule has 2 aromatic heterocycles. The van der Waals surface area contributed by atoms with Gasteiger partial charge in [-0.1, -0.05) is 63.3 Å². The number of piperidine rings is 1. The van der Waals surface area contributed by atoms with Crippen molar-refractivity contribution in [2.24, 2.45) is 17.8 Å². The number of H-pyrrole nitrogens is 2. The average Bonchev–Trinajstić information content (AvgIpc) is 3.98. The highest BCUT2D eigenvalue weighted by Crippen LogP contribution is 2.38. The molecule has 2 bridgehead atoms. The van der Waals surface area contributed by atoms with E-state index >= 15 is 0 Å². The molecule has 3 aliphatic rings. The lowest BCUT2D eigenvalue weighted by molar-refractivity contribution is -0.135. The molecule has 1 saturated carbocycles. The Kier molecular flexibility index (Phi) is 11.1. The van der Waals surface area contributed by atoms with Crippen LogP contribution in [0.25, 0.3) is 22.3 Å². The standard InChI is InChI=1S/C30H30N6O3.C11H19NO/c1-18(2)27(35-30(38)39-4)29(37)36-16-19(3)13-26(36)28-33-23-12-9-21(14-24(23)34-28)6-5-20-7-10-22(11-8-20)25-15-31-17-32-25;1-8(2)5-11(13)12-7-9-3-4-10(12)6-9/h7-15,17-18,26-27H,16H2,1-4H3,(H,31,32)(H,33,34)(H,35,38);8-10H,3-7H2,1-2H3. The summed E-state index contributed by atoms with van der Waals surface area (Å²) in [5.41, 5.74) is 6.45. The van der Waals surface area contributed by atoms with Crippen LogP contribution in [0.15, 0.2) is 66.6 Å². The van der Waals surface area contributed by atoms with E-state index in [0.29, 0.717) is 30.2 Å². The molecule has 4 aromatic rings. The lowest BCUT2D eigenvalue weighted by Gasteiger charge is -2.30. The predicted octanol–water partition coefficient (Wildman–Crippen LogP) is 6.61. The van der Waals surface area contributed by atoms with Gasteiger partial charge in [0.05, 0.1) is 36.4 Å². The highest BCUT2D eigenvalue weighted by molar-refractivity contribution is 5.87.